The molecular formula is C10H15NO3. The highest BCUT2D eigenvalue weighted by Crippen LogP contribution is 2.05. The zero-order valence-corrected chi connectivity index (χ0v) is 8.53. The molecule has 4 nitrogen and oxygen atoms in total. The van der Waals surface area contributed by atoms with Crippen LogP contribution in [0, 0.1) is 5.92 Å². The van der Waals surface area contributed by atoms with Crippen LogP contribution in [-0.2, 0) is 9.53 Å². The van der Waals surface area contributed by atoms with E-state index in [0.29, 0.717) is 19.1 Å². The van der Waals surface area contributed by atoms with E-state index < -0.39 is 6.09 Å². The fourth-order valence-corrected chi connectivity index (χ4v) is 1.12. The van der Waals surface area contributed by atoms with Gasteiger partial charge in [-0.2, -0.15) is 0 Å². The molecule has 0 N–H and O–H groups in total. The Balaban J connectivity index is 2.41. The zero-order valence-electron chi connectivity index (χ0n) is 8.53. The molecule has 2 amide bonds. The van der Waals surface area contributed by atoms with Gasteiger partial charge in [0.15, 0.2) is 0 Å². The fourth-order valence-electron chi connectivity index (χ4n) is 1.12. The minimum atomic E-state index is -0.538. The van der Waals surface area contributed by atoms with Gasteiger partial charge in [0.2, 0.25) is 0 Å². The van der Waals surface area contributed by atoms with E-state index in [1.807, 2.05) is 0 Å². The molecule has 1 aliphatic heterocycles. The molecule has 0 aliphatic carbocycles. The molecule has 0 aromatic heterocycles. The Morgan fingerprint density at radius 2 is 2.36 bits per heavy atom. The summed E-state index contributed by atoms with van der Waals surface area (Å²) in [7, 11) is 0. The van der Waals surface area contributed by atoms with Gasteiger partial charge in [0.1, 0.15) is 6.61 Å². The van der Waals surface area contributed by atoms with Gasteiger partial charge in [0.25, 0.3) is 5.91 Å². The van der Waals surface area contributed by atoms with Crippen molar-refractivity contribution >= 4 is 12.0 Å². The maximum atomic E-state index is 11.4. The summed E-state index contributed by atoms with van der Waals surface area (Å²) in [6, 6.07) is 0. The lowest BCUT2D eigenvalue weighted by Gasteiger charge is -2.06. The molecule has 1 saturated heterocycles. The van der Waals surface area contributed by atoms with Gasteiger partial charge in [-0.15, -0.1) is 0 Å². The molecular weight excluding hydrogens is 182 g/mol. The maximum Gasteiger partial charge on any atom is 0.416 e. The summed E-state index contributed by atoms with van der Waals surface area (Å²) >= 11 is 0. The standard InChI is InChI=1S/C10H15NO3/c1-8(2)4-3-5-9(12)11-6-7-14-10(11)13/h3,5,8H,4,6-7H2,1-2H3/b5-3+. The lowest BCUT2D eigenvalue weighted by molar-refractivity contribution is -0.122. The van der Waals surface area contributed by atoms with Crippen LogP contribution in [-0.4, -0.2) is 30.1 Å². The van der Waals surface area contributed by atoms with Crippen molar-refractivity contribution in [3.8, 4) is 0 Å². The highest BCUT2D eigenvalue weighted by molar-refractivity contribution is 5.99. The van der Waals surface area contributed by atoms with Gasteiger partial charge in [0.05, 0.1) is 6.54 Å². The van der Waals surface area contributed by atoms with E-state index in [0.717, 1.165) is 11.3 Å². The first-order valence-electron chi connectivity index (χ1n) is 4.76. The van der Waals surface area contributed by atoms with Crippen molar-refractivity contribution in [1.82, 2.24) is 4.90 Å². The lowest BCUT2D eigenvalue weighted by Crippen LogP contribution is -2.29. The Hall–Kier alpha value is -1.32. The van der Waals surface area contributed by atoms with Gasteiger partial charge >= 0.3 is 6.09 Å². The second kappa shape index (κ2) is 4.79. The molecule has 0 atom stereocenters. The van der Waals surface area contributed by atoms with Crippen molar-refractivity contribution in [2.24, 2.45) is 5.92 Å². The van der Waals surface area contributed by atoms with Crippen LogP contribution >= 0.6 is 0 Å². The molecule has 0 aromatic rings. The molecule has 0 spiro atoms. The van der Waals surface area contributed by atoms with Crippen molar-refractivity contribution in [1.29, 1.82) is 0 Å². The van der Waals surface area contributed by atoms with Gasteiger partial charge in [0, 0.05) is 0 Å². The van der Waals surface area contributed by atoms with Crippen LogP contribution in [0.15, 0.2) is 12.2 Å². The van der Waals surface area contributed by atoms with E-state index in [1.54, 1.807) is 6.08 Å². The van der Waals surface area contributed by atoms with E-state index in [-0.39, 0.29) is 5.91 Å². The lowest BCUT2D eigenvalue weighted by atomic mass is 10.1. The summed E-state index contributed by atoms with van der Waals surface area (Å²) in [5.74, 6) is 0.234. The summed E-state index contributed by atoms with van der Waals surface area (Å²) in [6.45, 7) is 4.81. The first-order chi connectivity index (χ1) is 6.61. The molecule has 0 bridgehead atoms. The first kappa shape index (κ1) is 10.8. The second-order valence-corrected chi connectivity index (χ2v) is 3.64. The minimum Gasteiger partial charge on any atom is -0.447 e. The topological polar surface area (TPSA) is 46.6 Å². The molecule has 4 heteroatoms. The van der Waals surface area contributed by atoms with Crippen LogP contribution in [0.4, 0.5) is 4.79 Å². The Labute approximate surface area is 83.5 Å². The maximum absolute atomic E-state index is 11.4. The largest absolute Gasteiger partial charge is 0.447 e. The SMILES string of the molecule is CC(C)C/C=C/C(=O)N1CCOC1=O. The number of imide groups is 1. The molecule has 0 saturated carbocycles. The molecule has 0 unspecified atom stereocenters. The summed E-state index contributed by atoms with van der Waals surface area (Å²) in [6.07, 6.45) is 3.53. The Morgan fingerprint density at radius 3 is 2.86 bits per heavy atom. The predicted octanol–water partition coefficient (Wildman–Crippen LogP) is 1.57. The van der Waals surface area contributed by atoms with Crippen molar-refractivity contribution in [3.63, 3.8) is 0 Å². The van der Waals surface area contributed by atoms with Gasteiger partial charge < -0.3 is 4.74 Å². The van der Waals surface area contributed by atoms with Gasteiger partial charge in [-0.05, 0) is 18.4 Å². The third-order valence-corrected chi connectivity index (χ3v) is 1.89. The highest BCUT2D eigenvalue weighted by Gasteiger charge is 2.26. The summed E-state index contributed by atoms with van der Waals surface area (Å²) < 4.78 is 4.65. The number of rotatable bonds is 3. The predicted molar refractivity (Wildman–Crippen MR) is 51.7 cm³/mol. The van der Waals surface area contributed by atoms with Gasteiger partial charge in [-0.25, -0.2) is 9.69 Å². The number of allylic oxidation sites excluding steroid dienone is 1. The van der Waals surface area contributed by atoms with Crippen LogP contribution in [0.25, 0.3) is 0 Å². The molecule has 78 valence electrons. The molecule has 1 heterocycles. The van der Waals surface area contributed by atoms with Crippen LogP contribution in [0.1, 0.15) is 20.3 Å². The average molecular weight is 197 g/mol. The highest BCUT2D eigenvalue weighted by atomic mass is 16.6. The summed E-state index contributed by atoms with van der Waals surface area (Å²) in [5.41, 5.74) is 0. The van der Waals surface area contributed by atoms with Crippen LogP contribution in [0.3, 0.4) is 0 Å². The first-order valence-corrected chi connectivity index (χ1v) is 4.76. The second-order valence-electron chi connectivity index (χ2n) is 3.64. The van der Waals surface area contributed by atoms with Gasteiger partial charge in [-0.3, -0.25) is 4.79 Å². The summed E-state index contributed by atoms with van der Waals surface area (Å²) in [4.78, 5) is 23.4. The van der Waals surface area contributed by atoms with Crippen LogP contribution in [0.5, 0.6) is 0 Å². The monoisotopic (exact) mass is 197 g/mol. The average Bonchev–Trinajstić information content (AvgIpc) is 2.50. The summed E-state index contributed by atoms with van der Waals surface area (Å²) in [5, 5.41) is 0. The number of ether oxygens (including phenoxy) is 1. The van der Waals surface area contributed by atoms with E-state index in [9.17, 15) is 9.59 Å². The number of cyclic esters (lactones) is 1. The number of carbonyl (C=O) groups is 2. The number of hydrogen-bond donors (Lipinski definition) is 0. The number of amides is 2. The number of hydrogen-bond acceptors (Lipinski definition) is 3. The third-order valence-electron chi connectivity index (χ3n) is 1.89. The van der Waals surface area contributed by atoms with Crippen molar-refractivity contribution in [2.45, 2.75) is 20.3 Å². The Kier molecular flexibility index (Phi) is 3.68. The molecule has 0 aromatic carbocycles. The zero-order chi connectivity index (χ0) is 10.6. The van der Waals surface area contributed by atoms with E-state index in [1.165, 1.54) is 6.08 Å². The Bertz CT molecular complexity index is 258. The third kappa shape index (κ3) is 2.87. The smallest absolute Gasteiger partial charge is 0.416 e. The number of carbonyl (C=O) groups excluding carboxylic acids is 2. The molecule has 1 fully saturated rings. The molecule has 1 aliphatic rings. The minimum absolute atomic E-state index is 0.284. The fraction of sp³-hybridized carbons (Fsp3) is 0.600. The Morgan fingerprint density at radius 1 is 1.64 bits per heavy atom. The quantitative estimate of drug-likeness (QED) is 0.645. The van der Waals surface area contributed by atoms with Crippen molar-refractivity contribution in [2.75, 3.05) is 13.2 Å². The van der Waals surface area contributed by atoms with Gasteiger partial charge in [-0.1, -0.05) is 19.9 Å². The van der Waals surface area contributed by atoms with E-state index in [2.05, 4.69) is 18.6 Å². The van der Waals surface area contributed by atoms with Crippen LogP contribution < -0.4 is 0 Å². The van der Waals surface area contributed by atoms with Crippen molar-refractivity contribution in [3.05, 3.63) is 12.2 Å². The van der Waals surface area contributed by atoms with E-state index >= 15 is 0 Å². The molecule has 0 radical (unpaired) electrons. The molecule has 1 rings (SSSR count). The van der Waals surface area contributed by atoms with Crippen LogP contribution in [0.2, 0.25) is 0 Å². The number of nitrogens with zero attached hydrogens (tertiary/aromatic N) is 1. The molecule has 14 heavy (non-hydrogen) atoms. The normalized spacial score (nSPS) is 16.8. The van der Waals surface area contributed by atoms with E-state index in [4.69, 9.17) is 0 Å². The van der Waals surface area contributed by atoms with Crippen molar-refractivity contribution < 1.29 is 14.3 Å².